The van der Waals surface area contributed by atoms with Crippen LogP contribution in [0, 0.1) is 0 Å². The van der Waals surface area contributed by atoms with Crippen LogP contribution in [-0.2, 0) is 6.42 Å². The highest BCUT2D eigenvalue weighted by molar-refractivity contribution is 6.58. The van der Waals surface area contributed by atoms with Crippen molar-refractivity contribution in [3.63, 3.8) is 0 Å². The Bertz CT molecular complexity index is 632. The monoisotopic (exact) mass is 250 g/mol. The van der Waals surface area contributed by atoms with Gasteiger partial charge in [0.2, 0.25) is 0 Å². The Balaban J connectivity index is 2.03. The highest BCUT2D eigenvalue weighted by atomic mass is 16.4. The van der Waals surface area contributed by atoms with E-state index in [0.29, 0.717) is 5.46 Å². The summed E-state index contributed by atoms with van der Waals surface area (Å²) in [6, 6.07) is 13.8. The van der Waals surface area contributed by atoms with Gasteiger partial charge in [0.05, 0.1) is 0 Å². The molecule has 0 atom stereocenters. The summed E-state index contributed by atoms with van der Waals surface area (Å²) in [5.74, 6) is 0. The predicted octanol–water partition coefficient (Wildman–Crippen LogP) is 1.99. The lowest BCUT2D eigenvalue weighted by Crippen LogP contribution is -2.29. The molecule has 3 rings (SSSR count). The number of hydrogen-bond acceptors (Lipinski definition) is 2. The van der Waals surface area contributed by atoms with Crippen molar-refractivity contribution >= 4 is 18.7 Å². The zero-order valence-electron chi connectivity index (χ0n) is 10.6. The van der Waals surface area contributed by atoms with E-state index in [2.05, 4.69) is 30.4 Å². The standard InChI is InChI=1S/C16H15BO2/c18-17(19)16-7-3-6-14(11-16)15-9-8-12-4-1-2-5-13(12)10-15/h2-3,5-11,18-19H,1,4H2. The van der Waals surface area contributed by atoms with E-state index in [4.69, 9.17) is 0 Å². The van der Waals surface area contributed by atoms with Gasteiger partial charge in [-0.05, 0) is 46.6 Å². The fraction of sp³-hybridized carbons (Fsp3) is 0.125. The van der Waals surface area contributed by atoms with Crippen molar-refractivity contribution in [1.29, 1.82) is 0 Å². The molecule has 2 N–H and O–H groups in total. The topological polar surface area (TPSA) is 40.5 Å². The van der Waals surface area contributed by atoms with E-state index >= 15 is 0 Å². The van der Waals surface area contributed by atoms with Gasteiger partial charge >= 0.3 is 7.12 Å². The first-order valence-electron chi connectivity index (χ1n) is 6.50. The third-order valence-electron chi connectivity index (χ3n) is 3.54. The molecule has 0 bridgehead atoms. The van der Waals surface area contributed by atoms with Gasteiger partial charge < -0.3 is 10.0 Å². The van der Waals surface area contributed by atoms with Crippen LogP contribution in [0.5, 0.6) is 0 Å². The van der Waals surface area contributed by atoms with Crippen LogP contribution in [0.2, 0.25) is 0 Å². The smallest absolute Gasteiger partial charge is 0.423 e. The molecule has 2 aromatic carbocycles. The van der Waals surface area contributed by atoms with Crippen LogP contribution in [-0.4, -0.2) is 17.2 Å². The van der Waals surface area contributed by atoms with Crippen molar-refractivity contribution < 1.29 is 10.0 Å². The Kier molecular flexibility index (Phi) is 3.24. The largest absolute Gasteiger partial charge is 0.488 e. The molecule has 1 aliphatic rings. The van der Waals surface area contributed by atoms with Gasteiger partial charge in [-0.15, -0.1) is 0 Å². The molecule has 2 nitrogen and oxygen atoms in total. The van der Waals surface area contributed by atoms with Gasteiger partial charge in [0, 0.05) is 0 Å². The molecule has 0 saturated carbocycles. The van der Waals surface area contributed by atoms with Crippen molar-refractivity contribution in [2.75, 3.05) is 0 Å². The van der Waals surface area contributed by atoms with Crippen molar-refractivity contribution in [2.45, 2.75) is 12.8 Å². The SMILES string of the molecule is OB(O)c1cccc(-c2ccc3c(c2)C=CCC3)c1. The highest BCUT2D eigenvalue weighted by Crippen LogP contribution is 2.26. The van der Waals surface area contributed by atoms with Crippen molar-refractivity contribution in [3.05, 3.63) is 59.7 Å². The molecule has 0 saturated heterocycles. The molecule has 19 heavy (non-hydrogen) atoms. The Morgan fingerprint density at radius 2 is 1.79 bits per heavy atom. The van der Waals surface area contributed by atoms with Crippen LogP contribution in [0.1, 0.15) is 17.5 Å². The first-order chi connectivity index (χ1) is 9.24. The zero-order chi connectivity index (χ0) is 13.2. The fourth-order valence-electron chi connectivity index (χ4n) is 2.49. The van der Waals surface area contributed by atoms with E-state index in [1.165, 1.54) is 11.1 Å². The molecule has 0 heterocycles. The summed E-state index contributed by atoms with van der Waals surface area (Å²) < 4.78 is 0. The van der Waals surface area contributed by atoms with Crippen LogP contribution < -0.4 is 5.46 Å². The van der Waals surface area contributed by atoms with Gasteiger partial charge in [-0.2, -0.15) is 0 Å². The lowest BCUT2D eigenvalue weighted by molar-refractivity contribution is 0.426. The third kappa shape index (κ3) is 2.48. The molecular weight excluding hydrogens is 235 g/mol. The van der Waals surface area contributed by atoms with E-state index in [1.54, 1.807) is 6.07 Å². The maximum Gasteiger partial charge on any atom is 0.488 e. The third-order valence-corrected chi connectivity index (χ3v) is 3.54. The lowest BCUT2D eigenvalue weighted by atomic mass is 9.79. The van der Waals surface area contributed by atoms with Gasteiger partial charge in [-0.25, -0.2) is 0 Å². The Hall–Kier alpha value is -1.84. The van der Waals surface area contributed by atoms with Gasteiger partial charge in [-0.3, -0.25) is 0 Å². The van der Waals surface area contributed by atoms with Crippen molar-refractivity contribution in [2.24, 2.45) is 0 Å². The zero-order valence-corrected chi connectivity index (χ0v) is 10.6. The molecule has 1 aliphatic carbocycles. The number of fused-ring (bicyclic) bond motifs is 1. The highest BCUT2D eigenvalue weighted by Gasteiger charge is 2.12. The minimum absolute atomic E-state index is 0.519. The Morgan fingerprint density at radius 3 is 2.63 bits per heavy atom. The van der Waals surface area contributed by atoms with E-state index in [-0.39, 0.29) is 0 Å². The predicted molar refractivity (Wildman–Crippen MR) is 79.1 cm³/mol. The second kappa shape index (κ2) is 5.04. The van der Waals surface area contributed by atoms with E-state index in [9.17, 15) is 10.0 Å². The summed E-state index contributed by atoms with van der Waals surface area (Å²) >= 11 is 0. The van der Waals surface area contributed by atoms with Crippen LogP contribution in [0.3, 0.4) is 0 Å². The molecule has 0 spiro atoms. The molecular formula is C16H15BO2. The number of benzene rings is 2. The van der Waals surface area contributed by atoms with E-state index < -0.39 is 7.12 Å². The minimum Gasteiger partial charge on any atom is -0.423 e. The maximum absolute atomic E-state index is 9.23. The average Bonchev–Trinajstić information content (AvgIpc) is 2.47. The molecule has 0 unspecified atom stereocenters. The lowest BCUT2D eigenvalue weighted by Gasteiger charge is -2.12. The second-order valence-corrected chi connectivity index (χ2v) is 4.85. The fourth-order valence-corrected chi connectivity index (χ4v) is 2.49. The van der Waals surface area contributed by atoms with Gasteiger partial charge in [0.25, 0.3) is 0 Å². The first kappa shape index (κ1) is 12.2. The summed E-state index contributed by atoms with van der Waals surface area (Å²) in [6.07, 6.45) is 6.56. The van der Waals surface area contributed by atoms with Crippen molar-refractivity contribution in [3.8, 4) is 11.1 Å². The molecule has 0 aliphatic heterocycles. The van der Waals surface area contributed by atoms with Gasteiger partial charge in [0.1, 0.15) is 0 Å². The summed E-state index contributed by atoms with van der Waals surface area (Å²) in [4.78, 5) is 0. The number of hydrogen-bond donors (Lipinski definition) is 2. The molecule has 0 aromatic heterocycles. The minimum atomic E-state index is -1.42. The molecule has 3 heteroatoms. The normalized spacial score (nSPS) is 13.2. The van der Waals surface area contributed by atoms with Crippen molar-refractivity contribution in [1.82, 2.24) is 0 Å². The van der Waals surface area contributed by atoms with Crippen LogP contribution in [0.15, 0.2) is 48.5 Å². The van der Waals surface area contributed by atoms with Crippen LogP contribution in [0.25, 0.3) is 17.2 Å². The average molecular weight is 250 g/mol. The Labute approximate surface area is 113 Å². The van der Waals surface area contributed by atoms with Gasteiger partial charge in [0.15, 0.2) is 0 Å². The van der Waals surface area contributed by atoms with E-state index in [1.807, 2.05) is 18.2 Å². The summed E-state index contributed by atoms with van der Waals surface area (Å²) in [5, 5.41) is 18.5. The molecule has 0 amide bonds. The van der Waals surface area contributed by atoms with Gasteiger partial charge in [-0.1, -0.05) is 48.6 Å². The van der Waals surface area contributed by atoms with E-state index in [0.717, 1.165) is 24.0 Å². The summed E-state index contributed by atoms with van der Waals surface area (Å²) in [6.45, 7) is 0. The van der Waals surface area contributed by atoms with Crippen LogP contribution >= 0.6 is 0 Å². The Morgan fingerprint density at radius 1 is 0.947 bits per heavy atom. The number of aryl methyl sites for hydroxylation is 1. The second-order valence-electron chi connectivity index (χ2n) is 4.85. The maximum atomic E-state index is 9.23. The quantitative estimate of drug-likeness (QED) is 0.800. The number of rotatable bonds is 2. The molecule has 2 aromatic rings. The summed E-state index contributed by atoms with van der Waals surface area (Å²) in [7, 11) is -1.42. The first-order valence-corrected chi connectivity index (χ1v) is 6.50. The summed E-state index contributed by atoms with van der Waals surface area (Å²) in [5.41, 5.74) is 5.27. The number of allylic oxidation sites excluding steroid dienone is 1. The molecule has 0 radical (unpaired) electrons. The van der Waals surface area contributed by atoms with Crippen LogP contribution in [0.4, 0.5) is 0 Å². The molecule has 94 valence electrons. The molecule has 0 fully saturated rings.